The van der Waals surface area contributed by atoms with E-state index < -0.39 is 0 Å². The van der Waals surface area contributed by atoms with Crippen LogP contribution in [0.1, 0.15) is 24.4 Å². The quantitative estimate of drug-likeness (QED) is 0.783. The zero-order valence-electron chi connectivity index (χ0n) is 8.24. The second kappa shape index (κ2) is 3.57. The number of H-pyrrole nitrogens is 1. The molecule has 2 aromatic rings. The van der Waals surface area contributed by atoms with Crippen LogP contribution in [-0.2, 0) is 0 Å². The van der Waals surface area contributed by atoms with E-state index in [2.05, 4.69) is 15.3 Å². The molecule has 0 saturated heterocycles. The molecule has 1 unspecified atom stereocenters. The maximum atomic E-state index is 5.20. The van der Waals surface area contributed by atoms with E-state index in [9.17, 15) is 0 Å². The molecule has 0 spiro atoms. The van der Waals surface area contributed by atoms with Crippen molar-refractivity contribution in [1.29, 1.82) is 0 Å². The van der Waals surface area contributed by atoms with Gasteiger partial charge < -0.3 is 14.7 Å². The molecule has 0 amide bonds. The fraction of sp³-hybridized carbons (Fsp3) is 0.300. The van der Waals surface area contributed by atoms with Crippen LogP contribution in [0, 0.1) is 6.92 Å². The highest BCUT2D eigenvalue weighted by Gasteiger charge is 2.08. The average molecular weight is 191 g/mol. The molecule has 4 heteroatoms. The van der Waals surface area contributed by atoms with Gasteiger partial charge in [-0.2, -0.15) is 4.98 Å². The standard InChI is InChI=1S/C10H13N3O/c1-7-6-14-10(12-7)13-8(2)9-4-3-5-11-9/h3-6,8,11H,1-2H3,(H,12,13). The normalized spacial score (nSPS) is 12.7. The lowest BCUT2D eigenvalue weighted by Crippen LogP contribution is -2.06. The Hall–Kier alpha value is -1.71. The minimum atomic E-state index is 0.169. The molecule has 0 aliphatic heterocycles. The Balaban J connectivity index is 2.05. The summed E-state index contributed by atoms with van der Waals surface area (Å²) in [6.45, 7) is 3.94. The molecule has 2 aromatic heterocycles. The van der Waals surface area contributed by atoms with Gasteiger partial charge in [-0.05, 0) is 26.0 Å². The lowest BCUT2D eigenvalue weighted by Gasteiger charge is -2.09. The number of rotatable bonds is 3. The lowest BCUT2D eigenvalue weighted by molar-refractivity contribution is 0.561. The van der Waals surface area contributed by atoms with Crippen molar-refractivity contribution in [3.63, 3.8) is 0 Å². The van der Waals surface area contributed by atoms with E-state index in [1.807, 2.05) is 32.2 Å². The fourth-order valence-corrected chi connectivity index (χ4v) is 1.30. The van der Waals surface area contributed by atoms with Crippen molar-refractivity contribution in [2.75, 3.05) is 5.32 Å². The van der Waals surface area contributed by atoms with Crippen LogP contribution in [0.25, 0.3) is 0 Å². The van der Waals surface area contributed by atoms with Crippen LogP contribution < -0.4 is 5.32 Å². The van der Waals surface area contributed by atoms with E-state index in [0.29, 0.717) is 6.01 Å². The molecule has 2 N–H and O–H groups in total. The van der Waals surface area contributed by atoms with Crippen molar-refractivity contribution in [1.82, 2.24) is 9.97 Å². The molecule has 0 saturated carbocycles. The van der Waals surface area contributed by atoms with Gasteiger partial charge >= 0.3 is 0 Å². The fourth-order valence-electron chi connectivity index (χ4n) is 1.30. The van der Waals surface area contributed by atoms with E-state index in [1.165, 1.54) is 0 Å². The maximum absolute atomic E-state index is 5.20. The third-order valence-corrected chi connectivity index (χ3v) is 2.05. The number of nitrogens with zero attached hydrogens (tertiary/aromatic N) is 1. The Labute approximate surface area is 82.4 Å². The summed E-state index contributed by atoms with van der Waals surface area (Å²) in [6.07, 6.45) is 3.53. The summed E-state index contributed by atoms with van der Waals surface area (Å²) in [6, 6.07) is 4.72. The lowest BCUT2D eigenvalue weighted by atomic mass is 10.2. The second-order valence-electron chi connectivity index (χ2n) is 3.29. The Bertz CT molecular complexity index is 391. The monoisotopic (exact) mass is 191 g/mol. The summed E-state index contributed by atoms with van der Waals surface area (Å²) in [5.74, 6) is 0. The molecule has 74 valence electrons. The number of aromatic amines is 1. The molecular weight excluding hydrogens is 178 g/mol. The Morgan fingerprint density at radius 1 is 1.57 bits per heavy atom. The molecule has 14 heavy (non-hydrogen) atoms. The third-order valence-electron chi connectivity index (χ3n) is 2.05. The van der Waals surface area contributed by atoms with E-state index in [4.69, 9.17) is 4.42 Å². The van der Waals surface area contributed by atoms with Crippen LogP contribution in [0.4, 0.5) is 6.01 Å². The SMILES string of the molecule is Cc1coc(NC(C)c2ccc[nH]2)n1. The van der Waals surface area contributed by atoms with Gasteiger partial charge in [0, 0.05) is 11.9 Å². The van der Waals surface area contributed by atoms with Crippen molar-refractivity contribution in [2.24, 2.45) is 0 Å². The predicted molar refractivity (Wildman–Crippen MR) is 54.1 cm³/mol. The van der Waals surface area contributed by atoms with Crippen molar-refractivity contribution in [3.8, 4) is 0 Å². The van der Waals surface area contributed by atoms with Gasteiger partial charge in [-0.1, -0.05) is 0 Å². The Morgan fingerprint density at radius 3 is 3.00 bits per heavy atom. The Morgan fingerprint density at radius 2 is 2.43 bits per heavy atom. The van der Waals surface area contributed by atoms with Crippen LogP contribution in [-0.4, -0.2) is 9.97 Å². The van der Waals surface area contributed by atoms with Gasteiger partial charge in [0.15, 0.2) is 0 Å². The van der Waals surface area contributed by atoms with Gasteiger partial charge in [-0.15, -0.1) is 0 Å². The maximum Gasteiger partial charge on any atom is 0.295 e. The van der Waals surface area contributed by atoms with Crippen molar-refractivity contribution >= 4 is 6.01 Å². The summed E-state index contributed by atoms with van der Waals surface area (Å²) >= 11 is 0. The summed E-state index contributed by atoms with van der Waals surface area (Å²) in [7, 11) is 0. The topological polar surface area (TPSA) is 53.9 Å². The molecule has 1 atom stereocenters. The van der Waals surface area contributed by atoms with E-state index in [1.54, 1.807) is 6.26 Å². The van der Waals surface area contributed by atoms with Gasteiger partial charge in [-0.3, -0.25) is 0 Å². The number of hydrogen-bond donors (Lipinski definition) is 2. The Kier molecular flexibility index (Phi) is 2.26. The second-order valence-corrected chi connectivity index (χ2v) is 3.29. The van der Waals surface area contributed by atoms with Crippen LogP contribution in [0.5, 0.6) is 0 Å². The highest BCUT2D eigenvalue weighted by molar-refractivity contribution is 5.26. The van der Waals surface area contributed by atoms with Crippen LogP contribution >= 0.6 is 0 Å². The summed E-state index contributed by atoms with van der Waals surface area (Å²) in [5, 5.41) is 3.16. The summed E-state index contributed by atoms with van der Waals surface area (Å²) in [4.78, 5) is 7.30. The van der Waals surface area contributed by atoms with Crippen LogP contribution in [0.2, 0.25) is 0 Å². The number of hydrogen-bond acceptors (Lipinski definition) is 3. The molecule has 2 heterocycles. The molecule has 0 aliphatic carbocycles. The summed E-state index contributed by atoms with van der Waals surface area (Å²) < 4.78 is 5.20. The molecule has 0 bridgehead atoms. The predicted octanol–water partition coefficient (Wildman–Crippen LogP) is 2.48. The molecule has 4 nitrogen and oxygen atoms in total. The number of nitrogens with one attached hydrogen (secondary N) is 2. The highest BCUT2D eigenvalue weighted by Crippen LogP contribution is 2.16. The molecule has 0 fully saturated rings. The highest BCUT2D eigenvalue weighted by atomic mass is 16.4. The first-order chi connectivity index (χ1) is 6.75. The summed E-state index contributed by atoms with van der Waals surface area (Å²) in [5.41, 5.74) is 1.99. The number of aryl methyl sites for hydroxylation is 1. The van der Waals surface area contributed by atoms with Crippen LogP contribution in [0.3, 0.4) is 0 Å². The van der Waals surface area contributed by atoms with Gasteiger partial charge in [-0.25, -0.2) is 0 Å². The average Bonchev–Trinajstić information content (AvgIpc) is 2.75. The van der Waals surface area contributed by atoms with Crippen molar-refractivity contribution < 1.29 is 4.42 Å². The first-order valence-corrected chi connectivity index (χ1v) is 4.57. The zero-order valence-corrected chi connectivity index (χ0v) is 8.24. The molecular formula is C10H13N3O. The van der Waals surface area contributed by atoms with Crippen LogP contribution in [0.15, 0.2) is 29.0 Å². The minimum absolute atomic E-state index is 0.169. The van der Waals surface area contributed by atoms with Gasteiger partial charge in [0.1, 0.15) is 6.26 Å². The zero-order chi connectivity index (χ0) is 9.97. The molecule has 2 rings (SSSR count). The van der Waals surface area contributed by atoms with Gasteiger partial charge in [0.25, 0.3) is 6.01 Å². The number of aromatic nitrogens is 2. The van der Waals surface area contributed by atoms with E-state index in [0.717, 1.165) is 11.4 Å². The minimum Gasteiger partial charge on any atom is -0.432 e. The number of oxazole rings is 1. The van der Waals surface area contributed by atoms with Gasteiger partial charge in [0.2, 0.25) is 0 Å². The first-order valence-electron chi connectivity index (χ1n) is 4.57. The van der Waals surface area contributed by atoms with E-state index >= 15 is 0 Å². The third kappa shape index (κ3) is 1.79. The van der Waals surface area contributed by atoms with Crippen molar-refractivity contribution in [3.05, 3.63) is 36.0 Å². The van der Waals surface area contributed by atoms with E-state index in [-0.39, 0.29) is 6.04 Å². The molecule has 0 aliphatic rings. The van der Waals surface area contributed by atoms with Gasteiger partial charge in [0.05, 0.1) is 11.7 Å². The largest absolute Gasteiger partial charge is 0.432 e. The number of anilines is 1. The molecule has 0 radical (unpaired) electrons. The first kappa shape index (κ1) is 8.87. The smallest absolute Gasteiger partial charge is 0.295 e. The molecule has 0 aromatic carbocycles. The van der Waals surface area contributed by atoms with Crippen molar-refractivity contribution in [2.45, 2.75) is 19.9 Å².